The van der Waals surface area contributed by atoms with Crippen LogP contribution in [-0.4, -0.2) is 31.8 Å². The minimum absolute atomic E-state index is 0.825. The Morgan fingerprint density at radius 3 is 2.59 bits per heavy atom. The molecule has 2 rings (SSSR count). The van der Waals surface area contributed by atoms with Gasteiger partial charge in [-0.2, -0.15) is 0 Å². The third-order valence-electron chi connectivity index (χ3n) is 2.52. The molecule has 0 unspecified atom stereocenters. The molecule has 90 valence electrons. The van der Waals surface area contributed by atoms with E-state index in [-0.39, 0.29) is 0 Å². The Bertz CT molecular complexity index is 536. The molecule has 0 saturated carbocycles. The second-order valence-electron chi connectivity index (χ2n) is 3.59. The molecule has 0 atom stereocenters. The van der Waals surface area contributed by atoms with E-state index >= 15 is 0 Å². The minimum Gasteiger partial charge on any atom is -0.373 e. The van der Waals surface area contributed by atoms with E-state index in [1.54, 1.807) is 6.33 Å². The molecule has 0 aliphatic carbocycles. The van der Waals surface area contributed by atoms with Gasteiger partial charge in [-0.05, 0) is 25.6 Å². The van der Waals surface area contributed by atoms with Gasteiger partial charge in [0.2, 0.25) is 0 Å². The number of aromatic nitrogens is 5. The lowest BCUT2D eigenvalue weighted by Crippen LogP contribution is -2.00. The van der Waals surface area contributed by atoms with E-state index < -0.39 is 0 Å². The fraction of sp³-hybridized carbons (Fsp3) is 0.400. The van der Waals surface area contributed by atoms with Gasteiger partial charge in [-0.1, -0.05) is 0 Å². The molecular formula is C10H14N6S. The van der Waals surface area contributed by atoms with E-state index in [4.69, 9.17) is 0 Å². The molecule has 2 aromatic heterocycles. The first kappa shape index (κ1) is 11.8. The predicted molar refractivity (Wildman–Crippen MR) is 66.2 cm³/mol. The maximum absolute atomic E-state index is 4.26. The fourth-order valence-corrected chi connectivity index (χ4v) is 2.23. The van der Waals surface area contributed by atoms with E-state index in [1.807, 2.05) is 32.5 Å². The highest BCUT2D eigenvalue weighted by Gasteiger charge is 2.12. The van der Waals surface area contributed by atoms with E-state index in [2.05, 4.69) is 25.5 Å². The predicted octanol–water partition coefficient (Wildman–Crippen LogP) is 1.41. The summed E-state index contributed by atoms with van der Waals surface area (Å²) in [5.41, 5.74) is 1.01. The van der Waals surface area contributed by atoms with E-state index in [0.29, 0.717) is 0 Å². The summed E-state index contributed by atoms with van der Waals surface area (Å²) in [6.07, 6.45) is 1.55. The first-order valence-corrected chi connectivity index (χ1v) is 5.98. The summed E-state index contributed by atoms with van der Waals surface area (Å²) in [6, 6.07) is 0. The number of aryl methyl sites for hydroxylation is 1. The lowest BCUT2D eigenvalue weighted by atomic mass is 10.3. The van der Waals surface area contributed by atoms with Gasteiger partial charge in [0.1, 0.15) is 23.0 Å². The first-order valence-electron chi connectivity index (χ1n) is 5.16. The van der Waals surface area contributed by atoms with Crippen molar-refractivity contribution >= 4 is 17.6 Å². The number of rotatable bonds is 3. The van der Waals surface area contributed by atoms with Crippen molar-refractivity contribution in [3.63, 3.8) is 0 Å². The Morgan fingerprint density at radius 2 is 2.00 bits per heavy atom. The highest BCUT2D eigenvalue weighted by atomic mass is 32.2. The van der Waals surface area contributed by atoms with Crippen molar-refractivity contribution in [3.05, 3.63) is 17.7 Å². The van der Waals surface area contributed by atoms with Gasteiger partial charge in [-0.25, -0.2) is 9.97 Å². The van der Waals surface area contributed by atoms with E-state index in [9.17, 15) is 0 Å². The zero-order valence-corrected chi connectivity index (χ0v) is 11.0. The zero-order chi connectivity index (χ0) is 12.4. The van der Waals surface area contributed by atoms with Crippen LogP contribution in [0.3, 0.4) is 0 Å². The Labute approximate surface area is 104 Å². The fourth-order valence-electron chi connectivity index (χ4n) is 1.35. The normalized spacial score (nSPS) is 10.6. The molecule has 0 bridgehead atoms. The summed E-state index contributed by atoms with van der Waals surface area (Å²) in [7, 11) is 3.78. The quantitative estimate of drug-likeness (QED) is 0.831. The van der Waals surface area contributed by atoms with Crippen LogP contribution in [0.5, 0.6) is 0 Å². The summed E-state index contributed by atoms with van der Waals surface area (Å²) >= 11 is 1.49. The van der Waals surface area contributed by atoms with Crippen LogP contribution >= 0.6 is 11.8 Å². The average Bonchev–Trinajstić information content (AvgIpc) is 2.64. The van der Waals surface area contributed by atoms with Gasteiger partial charge < -0.3 is 9.88 Å². The molecule has 6 nitrogen and oxygen atoms in total. The summed E-state index contributed by atoms with van der Waals surface area (Å²) in [6.45, 7) is 3.90. The van der Waals surface area contributed by atoms with Gasteiger partial charge in [0.25, 0.3) is 0 Å². The van der Waals surface area contributed by atoms with Crippen molar-refractivity contribution in [2.45, 2.75) is 24.0 Å². The number of nitrogens with one attached hydrogen (secondary N) is 1. The highest BCUT2D eigenvalue weighted by Crippen LogP contribution is 2.28. The smallest absolute Gasteiger partial charge is 0.197 e. The first-order chi connectivity index (χ1) is 8.13. The standard InChI is InChI=1S/C10H14N6S/c1-6-8(11-3)12-5-13-9(6)17-10-15-14-7(2)16(10)4/h5H,1-4H3,(H,11,12,13). The summed E-state index contributed by atoms with van der Waals surface area (Å²) < 4.78 is 1.94. The average molecular weight is 250 g/mol. The second-order valence-corrected chi connectivity index (χ2v) is 4.55. The molecular weight excluding hydrogens is 236 g/mol. The van der Waals surface area contributed by atoms with Crippen LogP contribution < -0.4 is 5.32 Å². The maximum Gasteiger partial charge on any atom is 0.197 e. The van der Waals surface area contributed by atoms with Gasteiger partial charge in [0.05, 0.1) is 0 Å². The van der Waals surface area contributed by atoms with Crippen LogP contribution in [0.15, 0.2) is 16.5 Å². The van der Waals surface area contributed by atoms with Gasteiger partial charge >= 0.3 is 0 Å². The highest BCUT2D eigenvalue weighted by molar-refractivity contribution is 7.99. The second kappa shape index (κ2) is 4.70. The van der Waals surface area contributed by atoms with Crippen molar-refractivity contribution in [2.75, 3.05) is 12.4 Å². The maximum atomic E-state index is 4.26. The molecule has 7 heteroatoms. The largest absolute Gasteiger partial charge is 0.373 e. The van der Waals surface area contributed by atoms with Gasteiger partial charge in [0.15, 0.2) is 5.16 Å². The SMILES string of the molecule is CNc1ncnc(Sc2nnc(C)n2C)c1C. The Balaban J connectivity index is 2.33. The Hall–Kier alpha value is -1.63. The van der Waals surface area contributed by atoms with Crippen molar-refractivity contribution < 1.29 is 0 Å². The zero-order valence-electron chi connectivity index (χ0n) is 10.2. The molecule has 17 heavy (non-hydrogen) atoms. The Morgan fingerprint density at radius 1 is 1.24 bits per heavy atom. The van der Waals surface area contributed by atoms with Crippen LogP contribution in [0.2, 0.25) is 0 Å². The molecule has 0 aliphatic rings. The topological polar surface area (TPSA) is 68.5 Å². The monoisotopic (exact) mass is 250 g/mol. The number of nitrogens with zero attached hydrogens (tertiary/aromatic N) is 5. The molecule has 0 fully saturated rings. The molecule has 0 aromatic carbocycles. The summed E-state index contributed by atoms with van der Waals surface area (Å²) in [5.74, 6) is 1.72. The van der Waals surface area contributed by atoms with Gasteiger partial charge in [-0.3, -0.25) is 0 Å². The molecule has 2 aromatic rings. The lowest BCUT2D eigenvalue weighted by Gasteiger charge is -2.07. The molecule has 0 radical (unpaired) electrons. The van der Waals surface area contributed by atoms with Crippen LogP contribution in [0, 0.1) is 13.8 Å². The molecule has 0 amide bonds. The third-order valence-corrected chi connectivity index (χ3v) is 3.66. The summed E-state index contributed by atoms with van der Waals surface area (Å²) in [5, 5.41) is 12.9. The summed E-state index contributed by atoms with van der Waals surface area (Å²) in [4.78, 5) is 8.41. The molecule has 1 N–H and O–H groups in total. The van der Waals surface area contributed by atoms with Crippen molar-refractivity contribution in [2.24, 2.45) is 7.05 Å². The number of hydrogen-bond donors (Lipinski definition) is 1. The minimum atomic E-state index is 0.825. The molecule has 0 spiro atoms. The van der Waals surface area contributed by atoms with E-state index in [0.717, 1.165) is 27.4 Å². The van der Waals surface area contributed by atoms with Crippen LogP contribution in [0.4, 0.5) is 5.82 Å². The van der Waals surface area contributed by atoms with Gasteiger partial charge in [0, 0.05) is 19.7 Å². The molecule has 0 saturated heterocycles. The Kier molecular flexibility index (Phi) is 3.28. The third kappa shape index (κ3) is 2.23. The van der Waals surface area contributed by atoms with Crippen LogP contribution in [0.25, 0.3) is 0 Å². The lowest BCUT2D eigenvalue weighted by molar-refractivity contribution is 0.764. The molecule has 2 heterocycles. The number of hydrogen-bond acceptors (Lipinski definition) is 6. The van der Waals surface area contributed by atoms with E-state index in [1.165, 1.54) is 11.8 Å². The molecule has 0 aliphatic heterocycles. The van der Waals surface area contributed by atoms with Gasteiger partial charge in [-0.15, -0.1) is 10.2 Å². The van der Waals surface area contributed by atoms with Crippen LogP contribution in [-0.2, 0) is 7.05 Å². The van der Waals surface area contributed by atoms with Crippen molar-refractivity contribution in [1.29, 1.82) is 0 Å². The number of anilines is 1. The van der Waals surface area contributed by atoms with Crippen LogP contribution in [0.1, 0.15) is 11.4 Å². The van der Waals surface area contributed by atoms with Crippen molar-refractivity contribution in [1.82, 2.24) is 24.7 Å². The van der Waals surface area contributed by atoms with Crippen molar-refractivity contribution in [3.8, 4) is 0 Å².